The zero-order valence-electron chi connectivity index (χ0n) is 7.38. The van der Waals surface area contributed by atoms with Gasteiger partial charge in [-0.3, -0.25) is 4.98 Å². The Balaban J connectivity index is 2.02. The highest BCUT2D eigenvalue weighted by molar-refractivity contribution is 7.98. The summed E-state index contributed by atoms with van der Waals surface area (Å²) in [6.07, 6.45) is 6.71. The third-order valence-corrected chi connectivity index (χ3v) is 2.85. The van der Waals surface area contributed by atoms with Crippen LogP contribution in [0.2, 0.25) is 0 Å². The maximum atomic E-state index is 5.74. The summed E-state index contributed by atoms with van der Waals surface area (Å²) in [7, 11) is 0. The van der Waals surface area contributed by atoms with Crippen molar-refractivity contribution < 1.29 is 4.52 Å². The molecule has 2 aromatic rings. The Morgan fingerprint density at radius 1 is 1.43 bits per heavy atom. The summed E-state index contributed by atoms with van der Waals surface area (Å²) in [5.41, 5.74) is 7.49. The van der Waals surface area contributed by atoms with Crippen LogP contribution in [-0.4, -0.2) is 10.1 Å². The van der Waals surface area contributed by atoms with Gasteiger partial charge >= 0.3 is 0 Å². The Morgan fingerprint density at radius 2 is 2.36 bits per heavy atom. The summed E-state index contributed by atoms with van der Waals surface area (Å²) in [5.74, 6) is 0.803. The largest absolute Gasteiger partial charge is 0.397 e. The van der Waals surface area contributed by atoms with Crippen molar-refractivity contribution in [1.29, 1.82) is 0 Å². The van der Waals surface area contributed by atoms with Crippen molar-refractivity contribution in [1.82, 2.24) is 10.1 Å². The zero-order chi connectivity index (χ0) is 9.80. The third-order valence-electron chi connectivity index (χ3n) is 1.69. The summed E-state index contributed by atoms with van der Waals surface area (Å²) in [6.45, 7) is 0. The molecule has 4 nitrogen and oxygen atoms in total. The molecule has 72 valence electrons. The highest BCUT2D eigenvalue weighted by Crippen LogP contribution is 2.26. The minimum absolute atomic E-state index is 0.703. The number of rotatable bonds is 3. The van der Waals surface area contributed by atoms with Crippen LogP contribution in [0.3, 0.4) is 0 Å². The van der Waals surface area contributed by atoms with E-state index in [-0.39, 0.29) is 0 Å². The Bertz CT molecular complexity index is 402. The summed E-state index contributed by atoms with van der Waals surface area (Å²) < 4.78 is 4.73. The lowest BCUT2D eigenvalue weighted by molar-refractivity contribution is 0.419. The maximum absolute atomic E-state index is 5.74. The molecule has 0 spiro atoms. The molecule has 0 aromatic carbocycles. The molecular formula is C9H9N3OS. The number of nitrogens with two attached hydrogens (primary N) is 1. The number of nitrogens with zero attached hydrogens (tertiary/aromatic N) is 2. The Kier molecular flexibility index (Phi) is 2.69. The van der Waals surface area contributed by atoms with E-state index in [1.165, 1.54) is 0 Å². The molecule has 2 N–H and O–H groups in total. The van der Waals surface area contributed by atoms with Gasteiger partial charge in [-0.25, -0.2) is 0 Å². The Hall–Kier alpha value is -1.49. The molecule has 2 heterocycles. The number of pyridine rings is 1. The zero-order valence-corrected chi connectivity index (χ0v) is 8.20. The van der Waals surface area contributed by atoms with Crippen LogP contribution in [0, 0.1) is 0 Å². The van der Waals surface area contributed by atoms with Crippen molar-refractivity contribution in [2.75, 3.05) is 5.73 Å². The molecule has 0 fully saturated rings. The molecule has 0 bridgehead atoms. The standard InChI is InChI=1S/C9H9N3OS/c10-8-4-11-2-1-9(8)14-6-7-3-12-13-5-7/h1-5H,6,10H2. The number of aromatic nitrogens is 2. The van der Waals surface area contributed by atoms with E-state index >= 15 is 0 Å². The van der Waals surface area contributed by atoms with Crippen LogP contribution in [0.1, 0.15) is 5.56 Å². The van der Waals surface area contributed by atoms with Crippen molar-refractivity contribution in [3.8, 4) is 0 Å². The topological polar surface area (TPSA) is 64.9 Å². The van der Waals surface area contributed by atoms with E-state index in [0.717, 1.165) is 16.2 Å². The van der Waals surface area contributed by atoms with E-state index in [4.69, 9.17) is 10.3 Å². The van der Waals surface area contributed by atoms with E-state index in [9.17, 15) is 0 Å². The fourth-order valence-corrected chi connectivity index (χ4v) is 1.83. The minimum Gasteiger partial charge on any atom is -0.397 e. The molecule has 0 amide bonds. The van der Waals surface area contributed by atoms with Crippen LogP contribution in [0.25, 0.3) is 0 Å². The second-order valence-corrected chi connectivity index (χ2v) is 3.75. The van der Waals surface area contributed by atoms with Crippen LogP contribution in [-0.2, 0) is 5.75 Å². The van der Waals surface area contributed by atoms with Crippen LogP contribution in [0.4, 0.5) is 5.69 Å². The molecule has 0 saturated carbocycles. The van der Waals surface area contributed by atoms with Crippen molar-refractivity contribution in [3.05, 3.63) is 36.5 Å². The average molecular weight is 207 g/mol. The van der Waals surface area contributed by atoms with Crippen LogP contribution in [0.15, 0.2) is 40.3 Å². The van der Waals surface area contributed by atoms with Gasteiger partial charge in [0.1, 0.15) is 6.26 Å². The molecule has 0 aliphatic carbocycles. The van der Waals surface area contributed by atoms with Gasteiger partial charge in [-0.05, 0) is 6.07 Å². The van der Waals surface area contributed by atoms with E-state index in [1.807, 2.05) is 6.07 Å². The molecule has 0 saturated heterocycles. The number of thioether (sulfide) groups is 1. The molecular weight excluding hydrogens is 198 g/mol. The Morgan fingerprint density at radius 3 is 3.07 bits per heavy atom. The minimum atomic E-state index is 0.703. The van der Waals surface area contributed by atoms with Gasteiger partial charge in [-0.15, -0.1) is 11.8 Å². The van der Waals surface area contributed by atoms with Gasteiger partial charge in [0.25, 0.3) is 0 Å². The highest BCUT2D eigenvalue weighted by atomic mass is 32.2. The Labute approximate surface area is 85.5 Å². The van der Waals surface area contributed by atoms with Gasteiger partial charge in [0, 0.05) is 22.4 Å². The van der Waals surface area contributed by atoms with Gasteiger partial charge in [0.2, 0.25) is 0 Å². The lowest BCUT2D eigenvalue weighted by Gasteiger charge is -2.01. The lowest BCUT2D eigenvalue weighted by atomic mass is 10.4. The van der Waals surface area contributed by atoms with Gasteiger partial charge < -0.3 is 10.3 Å². The van der Waals surface area contributed by atoms with Gasteiger partial charge in [-0.1, -0.05) is 5.16 Å². The van der Waals surface area contributed by atoms with Crippen molar-refractivity contribution in [3.63, 3.8) is 0 Å². The molecule has 2 aromatic heterocycles. The predicted molar refractivity (Wildman–Crippen MR) is 54.7 cm³/mol. The smallest absolute Gasteiger partial charge is 0.127 e. The first kappa shape index (κ1) is 9.08. The van der Waals surface area contributed by atoms with Crippen LogP contribution >= 0.6 is 11.8 Å². The van der Waals surface area contributed by atoms with E-state index < -0.39 is 0 Å². The highest BCUT2D eigenvalue weighted by Gasteiger charge is 2.01. The number of hydrogen-bond acceptors (Lipinski definition) is 5. The predicted octanol–water partition coefficient (Wildman–Crippen LogP) is 1.94. The fourth-order valence-electron chi connectivity index (χ4n) is 0.984. The third kappa shape index (κ3) is 2.05. The molecule has 0 aliphatic rings. The second kappa shape index (κ2) is 4.15. The summed E-state index contributed by atoms with van der Waals surface area (Å²) in [4.78, 5) is 4.95. The van der Waals surface area contributed by atoms with Gasteiger partial charge in [0.15, 0.2) is 0 Å². The van der Waals surface area contributed by atoms with E-state index in [2.05, 4.69) is 10.1 Å². The second-order valence-electron chi connectivity index (χ2n) is 2.73. The van der Waals surface area contributed by atoms with Crippen molar-refractivity contribution in [2.45, 2.75) is 10.6 Å². The SMILES string of the molecule is Nc1cnccc1SCc1cnoc1. The molecule has 0 aliphatic heterocycles. The van der Waals surface area contributed by atoms with E-state index in [1.54, 1.807) is 36.6 Å². The summed E-state index contributed by atoms with van der Waals surface area (Å²) in [5, 5.41) is 3.62. The van der Waals surface area contributed by atoms with Crippen LogP contribution in [0.5, 0.6) is 0 Å². The summed E-state index contributed by atoms with van der Waals surface area (Å²) >= 11 is 1.64. The fraction of sp³-hybridized carbons (Fsp3) is 0.111. The quantitative estimate of drug-likeness (QED) is 0.779. The number of nitrogen functional groups attached to an aromatic ring is 1. The van der Waals surface area contributed by atoms with E-state index in [0.29, 0.717) is 5.69 Å². The van der Waals surface area contributed by atoms with Crippen LogP contribution < -0.4 is 5.73 Å². The first-order valence-electron chi connectivity index (χ1n) is 4.07. The normalized spacial score (nSPS) is 10.3. The molecule has 0 unspecified atom stereocenters. The molecule has 0 atom stereocenters. The van der Waals surface area contributed by atoms with Gasteiger partial charge in [0.05, 0.1) is 18.1 Å². The molecule has 14 heavy (non-hydrogen) atoms. The molecule has 2 rings (SSSR count). The maximum Gasteiger partial charge on any atom is 0.127 e. The lowest BCUT2D eigenvalue weighted by Crippen LogP contribution is -1.89. The first-order chi connectivity index (χ1) is 6.86. The first-order valence-corrected chi connectivity index (χ1v) is 5.05. The number of hydrogen-bond donors (Lipinski definition) is 1. The molecule has 0 radical (unpaired) electrons. The monoisotopic (exact) mass is 207 g/mol. The molecule has 5 heteroatoms. The number of anilines is 1. The summed E-state index contributed by atoms with van der Waals surface area (Å²) in [6, 6.07) is 1.90. The van der Waals surface area contributed by atoms with Crippen molar-refractivity contribution >= 4 is 17.4 Å². The average Bonchev–Trinajstić information content (AvgIpc) is 2.69. The van der Waals surface area contributed by atoms with Crippen molar-refractivity contribution in [2.24, 2.45) is 0 Å². The van der Waals surface area contributed by atoms with Gasteiger partial charge in [-0.2, -0.15) is 0 Å².